The lowest BCUT2D eigenvalue weighted by Gasteiger charge is -2.07. The molecule has 0 aromatic heterocycles. The van der Waals surface area contributed by atoms with Crippen LogP contribution < -0.4 is 10.1 Å². The van der Waals surface area contributed by atoms with Crippen molar-refractivity contribution in [3.8, 4) is 5.75 Å². The maximum absolute atomic E-state index is 5.56. The van der Waals surface area contributed by atoms with Crippen LogP contribution in [0, 0.1) is 6.92 Å². The van der Waals surface area contributed by atoms with Crippen molar-refractivity contribution in [3.05, 3.63) is 28.2 Å². The molecule has 0 amide bonds. The van der Waals surface area contributed by atoms with Gasteiger partial charge in [0.15, 0.2) is 0 Å². The average Bonchev–Trinajstić information content (AvgIpc) is 2.18. The molecule has 0 saturated carbocycles. The minimum atomic E-state index is 0.717. The molecule has 0 aliphatic carbocycles. The Morgan fingerprint density at radius 1 is 1.43 bits per heavy atom. The number of ether oxygens (including phenoxy) is 1. The molecule has 0 unspecified atom stereocenters. The van der Waals surface area contributed by atoms with Crippen molar-refractivity contribution in [3.63, 3.8) is 0 Å². The molecule has 1 N–H and O–H groups in total. The first-order valence-electron chi connectivity index (χ1n) is 4.83. The Morgan fingerprint density at radius 3 is 2.86 bits per heavy atom. The number of hydrogen-bond donors (Lipinski definition) is 1. The van der Waals surface area contributed by atoms with Crippen LogP contribution in [0.5, 0.6) is 5.75 Å². The molecule has 1 aromatic rings. The van der Waals surface area contributed by atoms with Crippen LogP contribution in [0.2, 0.25) is 0 Å². The number of benzene rings is 1. The molecule has 0 atom stereocenters. The summed E-state index contributed by atoms with van der Waals surface area (Å²) in [6.45, 7) is 6.74. The number of likely N-dealkylation sites (N-methyl/N-ethyl adjacent to an activating group) is 1. The van der Waals surface area contributed by atoms with Gasteiger partial charge < -0.3 is 10.1 Å². The van der Waals surface area contributed by atoms with Crippen LogP contribution in [0.1, 0.15) is 12.5 Å². The molecule has 0 saturated heterocycles. The summed E-state index contributed by atoms with van der Waals surface area (Å²) in [4.78, 5) is 0. The molecule has 0 aliphatic heterocycles. The fourth-order valence-corrected chi connectivity index (χ4v) is 1.37. The van der Waals surface area contributed by atoms with Gasteiger partial charge in [0.1, 0.15) is 12.4 Å². The van der Waals surface area contributed by atoms with E-state index in [-0.39, 0.29) is 0 Å². The van der Waals surface area contributed by atoms with Gasteiger partial charge in [-0.1, -0.05) is 22.9 Å². The minimum Gasteiger partial charge on any atom is -0.492 e. The molecular formula is C11H16BrNO. The van der Waals surface area contributed by atoms with Crippen LogP contribution in [0.25, 0.3) is 0 Å². The zero-order valence-corrected chi connectivity index (χ0v) is 10.2. The Morgan fingerprint density at radius 2 is 2.21 bits per heavy atom. The van der Waals surface area contributed by atoms with E-state index in [0.717, 1.165) is 29.9 Å². The van der Waals surface area contributed by atoms with Gasteiger partial charge in [-0.25, -0.2) is 0 Å². The lowest BCUT2D eigenvalue weighted by Crippen LogP contribution is -2.20. The maximum Gasteiger partial charge on any atom is 0.119 e. The van der Waals surface area contributed by atoms with Crippen molar-refractivity contribution >= 4 is 15.9 Å². The van der Waals surface area contributed by atoms with E-state index in [4.69, 9.17) is 4.74 Å². The number of nitrogens with one attached hydrogen (secondary N) is 1. The van der Waals surface area contributed by atoms with E-state index in [1.807, 2.05) is 18.2 Å². The zero-order chi connectivity index (χ0) is 10.4. The fraction of sp³-hybridized carbons (Fsp3) is 0.455. The summed E-state index contributed by atoms with van der Waals surface area (Å²) in [5.74, 6) is 0.934. The molecule has 0 bridgehead atoms. The van der Waals surface area contributed by atoms with Crippen LogP contribution in [0.15, 0.2) is 22.7 Å². The topological polar surface area (TPSA) is 21.3 Å². The van der Waals surface area contributed by atoms with Gasteiger partial charge in [-0.05, 0) is 37.2 Å². The minimum absolute atomic E-state index is 0.717. The van der Waals surface area contributed by atoms with Gasteiger partial charge in [-0.15, -0.1) is 0 Å². The van der Waals surface area contributed by atoms with Crippen molar-refractivity contribution < 1.29 is 4.74 Å². The Balaban J connectivity index is 2.39. The smallest absolute Gasteiger partial charge is 0.119 e. The summed E-state index contributed by atoms with van der Waals surface area (Å²) in [5, 5.41) is 3.21. The van der Waals surface area contributed by atoms with Gasteiger partial charge in [0.05, 0.1) is 0 Å². The third-order valence-electron chi connectivity index (χ3n) is 1.93. The standard InChI is InChI=1S/C11H16BrNO/c1-3-13-6-7-14-10-4-5-11(12)9(2)8-10/h4-5,8,13H,3,6-7H2,1-2H3. The highest BCUT2D eigenvalue weighted by molar-refractivity contribution is 9.10. The molecule has 0 aliphatic rings. The third-order valence-corrected chi connectivity index (χ3v) is 2.82. The van der Waals surface area contributed by atoms with Crippen molar-refractivity contribution in [1.82, 2.24) is 5.32 Å². The van der Waals surface area contributed by atoms with E-state index in [1.165, 1.54) is 5.56 Å². The molecular weight excluding hydrogens is 242 g/mol. The average molecular weight is 258 g/mol. The number of halogens is 1. The van der Waals surface area contributed by atoms with Crippen LogP contribution in [-0.2, 0) is 0 Å². The molecule has 1 rings (SSSR count). The van der Waals surface area contributed by atoms with Gasteiger partial charge in [0, 0.05) is 11.0 Å². The summed E-state index contributed by atoms with van der Waals surface area (Å²) in [7, 11) is 0. The lowest BCUT2D eigenvalue weighted by molar-refractivity contribution is 0.315. The second-order valence-corrected chi connectivity index (χ2v) is 3.97. The highest BCUT2D eigenvalue weighted by Gasteiger charge is 1.97. The zero-order valence-electron chi connectivity index (χ0n) is 8.64. The van der Waals surface area contributed by atoms with Crippen molar-refractivity contribution in [2.75, 3.05) is 19.7 Å². The summed E-state index contributed by atoms with van der Waals surface area (Å²) in [5.41, 5.74) is 1.20. The van der Waals surface area contributed by atoms with E-state index in [1.54, 1.807) is 0 Å². The fourth-order valence-electron chi connectivity index (χ4n) is 1.12. The molecule has 14 heavy (non-hydrogen) atoms. The van der Waals surface area contributed by atoms with E-state index >= 15 is 0 Å². The van der Waals surface area contributed by atoms with Gasteiger partial charge in [0.25, 0.3) is 0 Å². The highest BCUT2D eigenvalue weighted by atomic mass is 79.9. The summed E-state index contributed by atoms with van der Waals surface area (Å²) >= 11 is 3.45. The SMILES string of the molecule is CCNCCOc1ccc(Br)c(C)c1. The molecule has 2 nitrogen and oxygen atoms in total. The summed E-state index contributed by atoms with van der Waals surface area (Å²) in [6, 6.07) is 6.02. The first kappa shape index (κ1) is 11.5. The second-order valence-electron chi connectivity index (χ2n) is 3.11. The van der Waals surface area contributed by atoms with Crippen LogP contribution in [0.3, 0.4) is 0 Å². The largest absolute Gasteiger partial charge is 0.492 e. The summed E-state index contributed by atoms with van der Waals surface area (Å²) < 4.78 is 6.68. The first-order valence-corrected chi connectivity index (χ1v) is 5.63. The Labute approximate surface area is 93.8 Å². The molecule has 0 radical (unpaired) electrons. The van der Waals surface area contributed by atoms with Crippen molar-refractivity contribution in [1.29, 1.82) is 0 Å². The first-order chi connectivity index (χ1) is 6.74. The monoisotopic (exact) mass is 257 g/mol. The van der Waals surface area contributed by atoms with Crippen molar-refractivity contribution in [2.24, 2.45) is 0 Å². The van der Waals surface area contributed by atoms with E-state index < -0.39 is 0 Å². The number of hydrogen-bond acceptors (Lipinski definition) is 2. The highest BCUT2D eigenvalue weighted by Crippen LogP contribution is 2.21. The van der Waals surface area contributed by atoms with Gasteiger partial charge in [0.2, 0.25) is 0 Å². The van der Waals surface area contributed by atoms with Crippen molar-refractivity contribution in [2.45, 2.75) is 13.8 Å². The predicted octanol–water partition coefficient (Wildman–Crippen LogP) is 2.75. The van der Waals surface area contributed by atoms with E-state index in [9.17, 15) is 0 Å². The lowest BCUT2D eigenvalue weighted by atomic mass is 10.2. The summed E-state index contributed by atoms with van der Waals surface area (Å²) in [6.07, 6.45) is 0. The molecule has 0 fully saturated rings. The third kappa shape index (κ3) is 3.68. The molecule has 3 heteroatoms. The van der Waals surface area contributed by atoms with Gasteiger partial charge in [-0.2, -0.15) is 0 Å². The molecule has 78 valence electrons. The Hall–Kier alpha value is -0.540. The molecule has 0 heterocycles. The maximum atomic E-state index is 5.56. The van der Waals surface area contributed by atoms with Crippen LogP contribution in [-0.4, -0.2) is 19.7 Å². The van der Waals surface area contributed by atoms with Gasteiger partial charge in [-0.3, -0.25) is 0 Å². The van der Waals surface area contributed by atoms with E-state index in [0.29, 0.717) is 0 Å². The normalized spacial score (nSPS) is 10.2. The van der Waals surface area contributed by atoms with Gasteiger partial charge >= 0.3 is 0 Å². The Kier molecular flexibility index (Phi) is 4.98. The second kappa shape index (κ2) is 6.04. The molecule has 1 aromatic carbocycles. The predicted molar refractivity (Wildman–Crippen MR) is 62.9 cm³/mol. The number of aryl methyl sites for hydroxylation is 1. The quantitative estimate of drug-likeness (QED) is 0.820. The van der Waals surface area contributed by atoms with Crippen LogP contribution >= 0.6 is 15.9 Å². The Bertz CT molecular complexity index is 289. The van der Waals surface area contributed by atoms with Crippen LogP contribution in [0.4, 0.5) is 0 Å². The van der Waals surface area contributed by atoms with E-state index in [2.05, 4.69) is 35.1 Å². The number of rotatable bonds is 5. The molecule has 0 spiro atoms.